The molecule has 2 aromatic heterocycles. The Labute approximate surface area is 235 Å². The SMILES string of the molecule is CC(C)C[C@@H](/C=C/C(=O)Nc1nnc(-c2ccc(F)cc2)s1)CC(=O)[C@@H](N)Cc1cccs1.O=C(O)C(F)(F)F. The van der Waals surface area contributed by atoms with E-state index in [-0.39, 0.29) is 23.4 Å². The molecule has 0 bridgehead atoms. The molecule has 2 heterocycles. The van der Waals surface area contributed by atoms with Crippen LogP contribution in [0.25, 0.3) is 10.6 Å². The highest BCUT2D eigenvalue weighted by molar-refractivity contribution is 7.18. The van der Waals surface area contributed by atoms with Crippen molar-refractivity contribution in [2.45, 2.75) is 45.3 Å². The Bertz CT molecular complexity index is 1280. The van der Waals surface area contributed by atoms with Crippen LogP contribution < -0.4 is 11.1 Å². The molecule has 40 heavy (non-hydrogen) atoms. The third kappa shape index (κ3) is 11.7. The molecule has 8 nitrogen and oxygen atoms in total. The molecule has 0 unspecified atom stereocenters. The summed E-state index contributed by atoms with van der Waals surface area (Å²) in [6.07, 6.45) is -0.281. The Morgan fingerprint density at radius 1 is 1.12 bits per heavy atom. The van der Waals surface area contributed by atoms with Crippen LogP contribution in [0.15, 0.2) is 53.9 Å². The minimum atomic E-state index is -5.08. The number of rotatable bonds is 11. The van der Waals surface area contributed by atoms with Crippen LogP contribution in [-0.2, 0) is 20.8 Å². The maximum absolute atomic E-state index is 13.1. The molecule has 3 aromatic rings. The number of ketones is 1. The Morgan fingerprint density at radius 2 is 1.77 bits per heavy atom. The van der Waals surface area contributed by atoms with Crippen LogP contribution in [0, 0.1) is 17.7 Å². The molecule has 3 rings (SSSR count). The number of alkyl halides is 3. The van der Waals surface area contributed by atoms with Gasteiger partial charge in [0.25, 0.3) is 0 Å². The van der Waals surface area contributed by atoms with E-state index in [1.54, 1.807) is 29.5 Å². The summed E-state index contributed by atoms with van der Waals surface area (Å²) in [4.78, 5) is 35.1. The molecular formula is C26H28F4N4O4S2. The third-order valence-corrected chi connectivity index (χ3v) is 6.95. The number of aliphatic carboxylic acids is 1. The van der Waals surface area contributed by atoms with Crippen molar-refractivity contribution in [2.75, 3.05) is 5.32 Å². The van der Waals surface area contributed by atoms with Crippen LogP contribution in [0.5, 0.6) is 0 Å². The van der Waals surface area contributed by atoms with Crippen molar-refractivity contribution in [3.05, 3.63) is 64.6 Å². The van der Waals surface area contributed by atoms with E-state index in [0.29, 0.717) is 28.9 Å². The van der Waals surface area contributed by atoms with Gasteiger partial charge in [0.2, 0.25) is 11.0 Å². The fraction of sp³-hybridized carbons (Fsp3) is 0.346. The summed E-state index contributed by atoms with van der Waals surface area (Å²) in [5.74, 6) is -3.16. The average Bonchev–Trinajstić information content (AvgIpc) is 3.55. The van der Waals surface area contributed by atoms with Crippen molar-refractivity contribution >= 4 is 45.5 Å². The summed E-state index contributed by atoms with van der Waals surface area (Å²) in [7, 11) is 0. The highest BCUT2D eigenvalue weighted by atomic mass is 32.1. The number of halogens is 4. The number of nitrogens with zero attached hydrogens (tertiary/aromatic N) is 2. The zero-order valence-corrected chi connectivity index (χ0v) is 23.2. The van der Waals surface area contributed by atoms with E-state index in [2.05, 4.69) is 29.4 Å². The molecule has 0 radical (unpaired) electrons. The number of hydrogen-bond donors (Lipinski definition) is 3. The van der Waals surface area contributed by atoms with E-state index in [0.717, 1.165) is 16.9 Å². The number of carbonyl (C=O) groups excluding carboxylic acids is 2. The monoisotopic (exact) mass is 600 g/mol. The molecule has 0 aliphatic carbocycles. The number of anilines is 1. The van der Waals surface area contributed by atoms with Gasteiger partial charge in [0, 0.05) is 23.3 Å². The molecule has 1 amide bonds. The number of benzene rings is 1. The topological polar surface area (TPSA) is 135 Å². The molecule has 0 aliphatic heterocycles. The van der Waals surface area contributed by atoms with Gasteiger partial charge in [0.05, 0.1) is 6.04 Å². The number of amides is 1. The predicted octanol–water partition coefficient (Wildman–Crippen LogP) is 5.73. The number of nitrogens with one attached hydrogen (secondary N) is 1. The van der Waals surface area contributed by atoms with Gasteiger partial charge in [0.15, 0.2) is 0 Å². The van der Waals surface area contributed by atoms with Gasteiger partial charge in [-0.05, 0) is 60.0 Å². The minimum absolute atomic E-state index is 0.00725. The molecule has 4 N–H and O–H groups in total. The first-order valence-corrected chi connectivity index (χ1v) is 13.6. The average molecular weight is 601 g/mol. The zero-order valence-electron chi connectivity index (χ0n) is 21.5. The largest absolute Gasteiger partial charge is 0.490 e. The number of carboxylic acids is 1. The second-order valence-electron chi connectivity index (χ2n) is 9.02. The number of carboxylic acid groups (broad SMARTS) is 1. The lowest BCUT2D eigenvalue weighted by molar-refractivity contribution is -0.192. The highest BCUT2D eigenvalue weighted by Crippen LogP contribution is 2.26. The number of hydrogen-bond acceptors (Lipinski definition) is 8. The molecule has 0 spiro atoms. The second kappa shape index (κ2) is 15.3. The van der Waals surface area contributed by atoms with Gasteiger partial charge in [-0.15, -0.1) is 21.5 Å². The van der Waals surface area contributed by atoms with E-state index in [4.69, 9.17) is 15.6 Å². The fourth-order valence-corrected chi connectivity index (χ4v) is 4.87. The number of nitrogens with two attached hydrogens (primary N) is 1. The van der Waals surface area contributed by atoms with Crippen molar-refractivity contribution in [1.82, 2.24) is 10.2 Å². The Morgan fingerprint density at radius 3 is 2.33 bits per heavy atom. The van der Waals surface area contributed by atoms with Crippen LogP contribution in [0.2, 0.25) is 0 Å². The number of thiophene rings is 1. The highest BCUT2D eigenvalue weighted by Gasteiger charge is 2.38. The summed E-state index contributed by atoms with van der Waals surface area (Å²) >= 11 is 2.79. The lowest BCUT2D eigenvalue weighted by Crippen LogP contribution is -2.33. The molecule has 0 saturated carbocycles. The molecule has 0 aliphatic rings. The Kier molecular flexibility index (Phi) is 12.5. The van der Waals surface area contributed by atoms with Crippen molar-refractivity contribution in [2.24, 2.45) is 17.6 Å². The summed E-state index contributed by atoms with van der Waals surface area (Å²) in [6, 6.07) is 9.28. The standard InChI is InChI=1S/C24H27FN4O2S2.C2HF3O2/c1-15(2)12-16(13-21(30)20(26)14-19-4-3-11-32-19)5-10-22(31)27-24-29-28-23(33-24)17-6-8-18(25)9-7-17;3-2(4,5)1(6)7/h3-11,15-16,20H,12-14,26H2,1-2H3,(H,27,29,31);(H,6,7)/b10-5+;/t16-,20+;/m1./s1. The first-order chi connectivity index (χ1) is 18.7. The number of carbonyl (C=O) groups is 3. The fourth-order valence-electron chi connectivity index (χ4n) is 3.36. The van der Waals surface area contributed by atoms with Crippen molar-refractivity contribution in [1.29, 1.82) is 0 Å². The Balaban J connectivity index is 0.000000708. The van der Waals surface area contributed by atoms with Crippen molar-refractivity contribution < 1.29 is 37.1 Å². The maximum Gasteiger partial charge on any atom is 0.490 e. The van der Waals surface area contributed by atoms with Gasteiger partial charge in [0.1, 0.15) is 16.6 Å². The van der Waals surface area contributed by atoms with Gasteiger partial charge in [-0.2, -0.15) is 13.2 Å². The predicted molar refractivity (Wildman–Crippen MR) is 145 cm³/mol. The number of allylic oxidation sites excluding steroid dienone is 1. The number of Topliss-reactive ketones (excluding diaryl/α,β-unsaturated/α-hetero) is 1. The van der Waals surface area contributed by atoms with Gasteiger partial charge >= 0.3 is 12.1 Å². The van der Waals surface area contributed by atoms with Crippen molar-refractivity contribution in [3.63, 3.8) is 0 Å². The van der Waals surface area contributed by atoms with E-state index in [1.165, 1.54) is 29.5 Å². The zero-order chi connectivity index (χ0) is 29.9. The second-order valence-corrected chi connectivity index (χ2v) is 11.0. The first-order valence-electron chi connectivity index (χ1n) is 11.9. The maximum atomic E-state index is 13.1. The van der Waals surface area contributed by atoms with E-state index >= 15 is 0 Å². The van der Waals surface area contributed by atoms with Crippen LogP contribution in [0.1, 0.15) is 31.6 Å². The van der Waals surface area contributed by atoms with Crippen LogP contribution in [0.4, 0.5) is 22.7 Å². The Hall–Kier alpha value is -3.49. The smallest absolute Gasteiger partial charge is 0.475 e. The summed E-state index contributed by atoms with van der Waals surface area (Å²) in [5.41, 5.74) is 6.84. The third-order valence-electron chi connectivity index (χ3n) is 5.16. The molecule has 14 heteroatoms. The lowest BCUT2D eigenvalue weighted by atomic mass is 9.89. The molecule has 2 atom stereocenters. The van der Waals surface area contributed by atoms with Gasteiger partial charge in [-0.3, -0.25) is 14.9 Å². The summed E-state index contributed by atoms with van der Waals surface area (Å²) in [5, 5.41) is 20.7. The van der Waals surface area contributed by atoms with Gasteiger partial charge < -0.3 is 10.8 Å². The van der Waals surface area contributed by atoms with Crippen molar-refractivity contribution in [3.8, 4) is 10.6 Å². The molecular weight excluding hydrogens is 572 g/mol. The molecule has 0 fully saturated rings. The van der Waals surface area contributed by atoms with Crippen LogP contribution >= 0.6 is 22.7 Å². The summed E-state index contributed by atoms with van der Waals surface area (Å²) in [6.45, 7) is 4.16. The molecule has 0 saturated heterocycles. The quantitative estimate of drug-likeness (QED) is 0.189. The van der Waals surface area contributed by atoms with Gasteiger partial charge in [-0.25, -0.2) is 9.18 Å². The van der Waals surface area contributed by atoms with Crippen LogP contribution in [-0.4, -0.2) is 45.2 Å². The summed E-state index contributed by atoms with van der Waals surface area (Å²) < 4.78 is 44.8. The molecule has 1 aromatic carbocycles. The van der Waals surface area contributed by atoms with E-state index in [1.807, 2.05) is 17.5 Å². The van der Waals surface area contributed by atoms with E-state index < -0.39 is 18.2 Å². The van der Waals surface area contributed by atoms with E-state index in [9.17, 15) is 27.2 Å². The van der Waals surface area contributed by atoms with Crippen LogP contribution in [0.3, 0.4) is 0 Å². The number of aromatic nitrogens is 2. The first kappa shape index (κ1) is 32.7. The lowest BCUT2D eigenvalue weighted by Gasteiger charge is -2.17. The minimum Gasteiger partial charge on any atom is -0.475 e. The molecule has 216 valence electrons. The normalized spacial score (nSPS) is 13.0. The van der Waals surface area contributed by atoms with Gasteiger partial charge in [-0.1, -0.05) is 37.3 Å².